The van der Waals surface area contributed by atoms with Gasteiger partial charge in [-0.2, -0.15) is 0 Å². The van der Waals surface area contributed by atoms with E-state index in [0.29, 0.717) is 6.04 Å². The third-order valence-electron chi connectivity index (χ3n) is 4.19. The van der Waals surface area contributed by atoms with Gasteiger partial charge in [0, 0.05) is 18.6 Å². The number of β-amino-alcohol motifs (C(OH)–C–C–N with tert-alkyl or cyclic N) is 1. The SMILES string of the molecule is CC1CC(O)(C2=COCCC2)CN1C1CC1. The number of likely N-dealkylation sites (tertiary alicyclic amines) is 1. The zero-order chi connectivity index (χ0) is 11.2. The van der Waals surface area contributed by atoms with Crippen molar-refractivity contribution in [2.75, 3.05) is 13.2 Å². The van der Waals surface area contributed by atoms with Crippen LogP contribution >= 0.6 is 0 Å². The highest BCUT2D eigenvalue weighted by molar-refractivity contribution is 5.21. The van der Waals surface area contributed by atoms with Crippen molar-refractivity contribution in [3.63, 3.8) is 0 Å². The Morgan fingerprint density at radius 3 is 2.94 bits per heavy atom. The van der Waals surface area contributed by atoms with E-state index >= 15 is 0 Å². The molecule has 90 valence electrons. The summed E-state index contributed by atoms with van der Waals surface area (Å²) in [6.45, 7) is 3.86. The van der Waals surface area contributed by atoms with Crippen LogP contribution in [0.3, 0.4) is 0 Å². The summed E-state index contributed by atoms with van der Waals surface area (Å²) in [5, 5.41) is 10.7. The van der Waals surface area contributed by atoms with Gasteiger partial charge in [-0.05, 0) is 44.6 Å². The Hall–Kier alpha value is -0.540. The molecule has 1 aliphatic carbocycles. The molecule has 3 heteroatoms. The number of nitrogens with zero attached hydrogens (tertiary/aromatic N) is 1. The number of hydrogen-bond acceptors (Lipinski definition) is 3. The van der Waals surface area contributed by atoms with Gasteiger partial charge < -0.3 is 9.84 Å². The predicted molar refractivity (Wildman–Crippen MR) is 62.0 cm³/mol. The molecule has 0 spiro atoms. The maximum absolute atomic E-state index is 10.7. The van der Waals surface area contributed by atoms with Crippen LogP contribution in [0, 0.1) is 0 Å². The third kappa shape index (κ3) is 1.76. The molecular weight excluding hydrogens is 202 g/mol. The molecule has 3 aliphatic rings. The normalized spacial score (nSPS) is 40.6. The van der Waals surface area contributed by atoms with E-state index in [2.05, 4.69) is 11.8 Å². The molecule has 2 unspecified atom stereocenters. The summed E-state index contributed by atoms with van der Waals surface area (Å²) in [7, 11) is 0. The predicted octanol–water partition coefficient (Wildman–Crippen LogP) is 1.67. The molecule has 0 aromatic heterocycles. The van der Waals surface area contributed by atoms with Gasteiger partial charge in [0.25, 0.3) is 0 Å². The number of rotatable bonds is 2. The standard InChI is InChI=1S/C13H21NO2/c1-10-7-13(15,9-14(10)12-4-5-12)11-3-2-6-16-8-11/h8,10,12,15H,2-7,9H2,1H3. The minimum Gasteiger partial charge on any atom is -0.501 e. The van der Waals surface area contributed by atoms with Crippen LogP contribution in [0.4, 0.5) is 0 Å². The van der Waals surface area contributed by atoms with E-state index in [4.69, 9.17) is 4.74 Å². The number of hydrogen-bond donors (Lipinski definition) is 1. The fraction of sp³-hybridized carbons (Fsp3) is 0.846. The van der Waals surface area contributed by atoms with Crippen molar-refractivity contribution in [2.24, 2.45) is 0 Å². The fourth-order valence-electron chi connectivity index (χ4n) is 3.16. The molecule has 0 radical (unpaired) electrons. The van der Waals surface area contributed by atoms with Crippen molar-refractivity contribution in [3.05, 3.63) is 11.8 Å². The summed E-state index contributed by atoms with van der Waals surface area (Å²) < 4.78 is 5.37. The maximum atomic E-state index is 10.7. The molecule has 16 heavy (non-hydrogen) atoms. The molecule has 2 aliphatic heterocycles. The molecular formula is C13H21NO2. The first kappa shape index (κ1) is 10.6. The van der Waals surface area contributed by atoms with Gasteiger partial charge in [-0.15, -0.1) is 0 Å². The summed E-state index contributed by atoms with van der Waals surface area (Å²) in [6.07, 6.45) is 7.37. The van der Waals surface area contributed by atoms with Crippen LogP contribution in [-0.2, 0) is 4.74 Å². The molecule has 2 heterocycles. The molecule has 0 bridgehead atoms. The van der Waals surface area contributed by atoms with E-state index in [1.165, 1.54) is 12.8 Å². The van der Waals surface area contributed by atoms with Gasteiger partial charge in [-0.25, -0.2) is 0 Å². The molecule has 0 amide bonds. The van der Waals surface area contributed by atoms with Crippen LogP contribution in [0.2, 0.25) is 0 Å². The summed E-state index contributed by atoms with van der Waals surface area (Å²) in [6, 6.07) is 1.26. The van der Waals surface area contributed by atoms with E-state index in [-0.39, 0.29) is 0 Å². The highest BCUT2D eigenvalue weighted by atomic mass is 16.5. The second kappa shape index (κ2) is 3.74. The molecule has 2 fully saturated rings. The molecule has 3 rings (SSSR count). The molecule has 1 N–H and O–H groups in total. The molecule has 3 nitrogen and oxygen atoms in total. The average Bonchev–Trinajstić information content (AvgIpc) is 3.07. The van der Waals surface area contributed by atoms with Crippen LogP contribution in [0.1, 0.15) is 39.0 Å². The zero-order valence-corrected chi connectivity index (χ0v) is 9.98. The lowest BCUT2D eigenvalue weighted by molar-refractivity contribution is 0.0689. The first-order valence-electron chi connectivity index (χ1n) is 6.48. The Morgan fingerprint density at radius 2 is 2.31 bits per heavy atom. The highest BCUT2D eigenvalue weighted by Crippen LogP contribution is 2.41. The van der Waals surface area contributed by atoms with Crippen molar-refractivity contribution in [3.8, 4) is 0 Å². The van der Waals surface area contributed by atoms with Crippen molar-refractivity contribution in [2.45, 2.75) is 56.7 Å². The van der Waals surface area contributed by atoms with Crippen LogP contribution in [-0.4, -0.2) is 40.8 Å². The summed E-state index contributed by atoms with van der Waals surface area (Å²) in [5.41, 5.74) is 0.511. The maximum Gasteiger partial charge on any atom is 0.103 e. The first-order valence-corrected chi connectivity index (χ1v) is 6.48. The van der Waals surface area contributed by atoms with Crippen LogP contribution < -0.4 is 0 Å². The lowest BCUT2D eigenvalue weighted by Gasteiger charge is -2.28. The summed E-state index contributed by atoms with van der Waals surface area (Å²) in [5.74, 6) is 0. The van der Waals surface area contributed by atoms with Gasteiger partial charge in [0.1, 0.15) is 5.60 Å². The Kier molecular flexibility index (Phi) is 2.48. The minimum atomic E-state index is -0.609. The molecule has 0 aromatic rings. The van der Waals surface area contributed by atoms with E-state index in [1.807, 2.05) is 6.26 Å². The van der Waals surface area contributed by atoms with E-state index in [0.717, 1.165) is 44.0 Å². The minimum absolute atomic E-state index is 0.514. The monoisotopic (exact) mass is 223 g/mol. The molecule has 1 saturated heterocycles. The second-order valence-electron chi connectivity index (χ2n) is 5.61. The van der Waals surface area contributed by atoms with Crippen LogP contribution in [0.25, 0.3) is 0 Å². The average molecular weight is 223 g/mol. The van der Waals surface area contributed by atoms with Crippen molar-refractivity contribution >= 4 is 0 Å². The lowest BCUT2D eigenvalue weighted by Crippen LogP contribution is -2.37. The summed E-state index contributed by atoms with van der Waals surface area (Å²) in [4.78, 5) is 2.48. The summed E-state index contributed by atoms with van der Waals surface area (Å²) >= 11 is 0. The second-order valence-corrected chi connectivity index (χ2v) is 5.61. The quantitative estimate of drug-likeness (QED) is 0.773. The Balaban J connectivity index is 1.75. The Bertz CT molecular complexity index is 311. The zero-order valence-electron chi connectivity index (χ0n) is 9.98. The van der Waals surface area contributed by atoms with Gasteiger partial charge in [0.15, 0.2) is 0 Å². The van der Waals surface area contributed by atoms with Crippen molar-refractivity contribution in [1.82, 2.24) is 4.90 Å². The van der Waals surface area contributed by atoms with Crippen LogP contribution in [0.5, 0.6) is 0 Å². The smallest absolute Gasteiger partial charge is 0.103 e. The third-order valence-corrected chi connectivity index (χ3v) is 4.19. The van der Waals surface area contributed by atoms with Gasteiger partial charge in [-0.1, -0.05) is 0 Å². The van der Waals surface area contributed by atoms with Gasteiger partial charge >= 0.3 is 0 Å². The van der Waals surface area contributed by atoms with Crippen molar-refractivity contribution < 1.29 is 9.84 Å². The molecule has 0 aromatic carbocycles. The van der Waals surface area contributed by atoms with Crippen LogP contribution in [0.15, 0.2) is 11.8 Å². The molecule has 1 saturated carbocycles. The van der Waals surface area contributed by atoms with E-state index < -0.39 is 5.60 Å². The fourth-order valence-corrected chi connectivity index (χ4v) is 3.16. The van der Waals surface area contributed by atoms with Gasteiger partial charge in [0.2, 0.25) is 0 Å². The van der Waals surface area contributed by atoms with E-state index in [1.54, 1.807) is 0 Å². The van der Waals surface area contributed by atoms with Gasteiger partial charge in [-0.3, -0.25) is 4.90 Å². The largest absolute Gasteiger partial charge is 0.501 e. The number of aliphatic hydroxyl groups is 1. The lowest BCUT2D eigenvalue weighted by atomic mass is 9.88. The topological polar surface area (TPSA) is 32.7 Å². The Labute approximate surface area is 97.1 Å². The van der Waals surface area contributed by atoms with E-state index in [9.17, 15) is 5.11 Å². The molecule has 2 atom stereocenters. The van der Waals surface area contributed by atoms with Crippen molar-refractivity contribution in [1.29, 1.82) is 0 Å². The first-order chi connectivity index (χ1) is 7.69. The van der Waals surface area contributed by atoms with Gasteiger partial charge in [0.05, 0.1) is 12.9 Å². The Morgan fingerprint density at radius 1 is 1.50 bits per heavy atom. The number of ether oxygens (including phenoxy) is 1. The highest BCUT2D eigenvalue weighted by Gasteiger charge is 2.48.